The standard InChI is InChI=1S/C14H21NO/c1-12-4-2-3-5-13(12)6-9-15-10-7-14(16)8-11-15/h2-5,14,16H,6-11H2,1H3. The van der Waals surface area contributed by atoms with Gasteiger partial charge < -0.3 is 10.0 Å². The van der Waals surface area contributed by atoms with Gasteiger partial charge in [-0.25, -0.2) is 0 Å². The number of hydrogen-bond acceptors (Lipinski definition) is 2. The summed E-state index contributed by atoms with van der Waals surface area (Å²) in [5, 5.41) is 9.43. The molecule has 0 saturated carbocycles. The summed E-state index contributed by atoms with van der Waals surface area (Å²) in [5.41, 5.74) is 2.84. The number of aliphatic hydroxyl groups excluding tert-OH is 1. The van der Waals surface area contributed by atoms with Crippen LogP contribution in [-0.4, -0.2) is 35.7 Å². The van der Waals surface area contributed by atoms with E-state index < -0.39 is 0 Å². The van der Waals surface area contributed by atoms with Crippen molar-refractivity contribution in [1.29, 1.82) is 0 Å². The molecule has 2 nitrogen and oxygen atoms in total. The van der Waals surface area contributed by atoms with Gasteiger partial charge in [0.1, 0.15) is 0 Å². The Morgan fingerprint density at radius 3 is 2.62 bits per heavy atom. The number of piperidine rings is 1. The molecule has 0 atom stereocenters. The zero-order valence-electron chi connectivity index (χ0n) is 10.0. The highest BCUT2D eigenvalue weighted by Gasteiger charge is 2.16. The van der Waals surface area contributed by atoms with Crippen molar-refractivity contribution < 1.29 is 5.11 Å². The first-order chi connectivity index (χ1) is 7.75. The van der Waals surface area contributed by atoms with Crippen molar-refractivity contribution in [1.82, 2.24) is 4.90 Å². The topological polar surface area (TPSA) is 23.5 Å². The third-order valence-electron chi connectivity index (χ3n) is 3.52. The van der Waals surface area contributed by atoms with Gasteiger partial charge in [-0.15, -0.1) is 0 Å². The Bertz CT molecular complexity index is 329. The maximum Gasteiger partial charge on any atom is 0.0564 e. The molecule has 1 fully saturated rings. The zero-order chi connectivity index (χ0) is 11.4. The number of aliphatic hydroxyl groups is 1. The molecule has 0 aliphatic carbocycles. The van der Waals surface area contributed by atoms with Gasteiger partial charge in [-0.2, -0.15) is 0 Å². The van der Waals surface area contributed by atoms with Crippen LogP contribution in [0.5, 0.6) is 0 Å². The maximum absolute atomic E-state index is 9.43. The van der Waals surface area contributed by atoms with Crippen LogP contribution < -0.4 is 0 Å². The van der Waals surface area contributed by atoms with Crippen molar-refractivity contribution in [3.05, 3.63) is 35.4 Å². The summed E-state index contributed by atoms with van der Waals surface area (Å²) in [4.78, 5) is 2.46. The van der Waals surface area contributed by atoms with Crippen molar-refractivity contribution in [3.8, 4) is 0 Å². The predicted molar refractivity (Wildman–Crippen MR) is 66.6 cm³/mol. The first-order valence-corrected chi connectivity index (χ1v) is 6.20. The molecule has 0 spiro atoms. The fourth-order valence-corrected chi connectivity index (χ4v) is 2.31. The highest BCUT2D eigenvalue weighted by molar-refractivity contribution is 5.25. The van der Waals surface area contributed by atoms with Crippen molar-refractivity contribution in [2.45, 2.75) is 32.3 Å². The molecular weight excluding hydrogens is 198 g/mol. The van der Waals surface area contributed by atoms with E-state index in [0.29, 0.717) is 0 Å². The molecule has 2 heteroatoms. The number of rotatable bonds is 3. The molecule has 0 unspecified atom stereocenters. The number of nitrogens with zero attached hydrogens (tertiary/aromatic N) is 1. The molecule has 1 aliphatic heterocycles. The van der Waals surface area contributed by atoms with Gasteiger partial charge in [-0.3, -0.25) is 0 Å². The average Bonchev–Trinajstić information content (AvgIpc) is 2.30. The summed E-state index contributed by atoms with van der Waals surface area (Å²) in [6, 6.07) is 8.60. The Kier molecular flexibility index (Phi) is 3.97. The maximum atomic E-state index is 9.43. The largest absolute Gasteiger partial charge is 0.393 e. The lowest BCUT2D eigenvalue weighted by molar-refractivity contribution is 0.0832. The minimum Gasteiger partial charge on any atom is -0.393 e. The second-order valence-electron chi connectivity index (χ2n) is 4.75. The number of benzene rings is 1. The van der Waals surface area contributed by atoms with E-state index in [9.17, 15) is 5.11 Å². The van der Waals surface area contributed by atoms with Crippen LogP contribution in [0.4, 0.5) is 0 Å². The Morgan fingerprint density at radius 2 is 1.94 bits per heavy atom. The molecule has 2 rings (SSSR count). The fourth-order valence-electron chi connectivity index (χ4n) is 2.31. The van der Waals surface area contributed by atoms with E-state index in [2.05, 4.69) is 36.1 Å². The Balaban J connectivity index is 1.81. The van der Waals surface area contributed by atoms with Gasteiger partial charge in [0, 0.05) is 19.6 Å². The number of likely N-dealkylation sites (tertiary alicyclic amines) is 1. The predicted octanol–water partition coefficient (Wildman–Crippen LogP) is 1.99. The second-order valence-corrected chi connectivity index (χ2v) is 4.75. The van der Waals surface area contributed by atoms with Gasteiger partial charge in [-0.1, -0.05) is 24.3 Å². The van der Waals surface area contributed by atoms with Gasteiger partial charge in [0.15, 0.2) is 0 Å². The molecular formula is C14H21NO. The van der Waals surface area contributed by atoms with Gasteiger partial charge >= 0.3 is 0 Å². The molecule has 0 aromatic heterocycles. The van der Waals surface area contributed by atoms with E-state index in [1.807, 2.05) is 0 Å². The summed E-state index contributed by atoms with van der Waals surface area (Å²) in [7, 11) is 0. The summed E-state index contributed by atoms with van der Waals surface area (Å²) in [5.74, 6) is 0. The van der Waals surface area contributed by atoms with Gasteiger partial charge in [-0.05, 0) is 37.3 Å². The summed E-state index contributed by atoms with van der Waals surface area (Å²) in [6.45, 7) is 5.40. The summed E-state index contributed by atoms with van der Waals surface area (Å²) >= 11 is 0. The fraction of sp³-hybridized carbons (Fsp3) is 0.571. The Morgan fingerprint density at radius 1 is 1.25 bits per heavy atom. The quantitative estimate of drug-likeness (QED) is 0.840. The molecule has 1 aliphatic rings. The first-order valence-electron chi connectivity index (χ1n) is 6.20. The summed E-state index contributed by atoms with van der Waals surface area (Å²) < 4.78 is 0. The Hall–Kier alpha value is -0.860. The lowest BCUT2D eigenvalue weighted by Gasteiger charge is -2.29. The molecule has 1 N–H and O–H groups in total. The molecule has 1 aromatic rings. The van der Waals surface area contributed by atoms with Crippen LogP contribution in [0.3, 0.4) is 0 Å². The smallest absolute Gasteiger partial charge is 0.0564 e. The van der Waals surface area contributed by atoms with Crippen LogP contribution in [-0.2, 0) is 6.42 Å². The first kappa shape index (κ1) is 11.6. The van der Waals surface area contributed by atoms with E-state index in [1.54, 1.807) is 0 Å². The third kappa shape index (κ3) is 3.06. The molecule has 0 bridgehead atoms. The molecule has 88 valence electrons. The second kappa shape index (κ2) is 5.46. The number of hydrogen-bond donors (Lipinski definition) is 1. The van der Waals surface area contributed by atoms with Crippen LogP contribution in [0.2, 0.25) is 0 Å². The minimum absolute atomic E-state index is 0.0605. The van der Waals surface area contributed by atoms with Crippen molar-refractivity contribution >= 4 is 0 Å². The van der Waals surface area contributed by atoms with E-state index in [0.717, 1.165) is 38.9 Å². The summed E-state index contributed by atoms with van der Waals surface area (Å²) in [6.07, 6.45) is 2.94. The number of aryl methyl sites for hydroxylation is 1. The molecule has 16 heavy (non-hydrogen) atoms. The van der Waals surface area contributed by atoms with E-state index >= 15 is 0 Å². The van der Waals surface area contributed by atoms with E-state index in [-0.39, 0.29) is 6.10 Å². The molecule has 0 amide bonds. The molecule has 1 heterocycles. The highest BCUT2D eigenvalue weighted by Crippen LogP contribution is 2.12. The van der Waals surface area contributed by atoms with Gasteiger partial charge in [0.25, 0.3) is 0 Å². The molecule has 0 radical (unpaired) electrons. The van der Waals surface area contributed by atoms with Gasteiger partial charge in [0.2, 0.25) is 0 Å². The zero-order valence-corrected chi connectivity index (χ0v) is 10.0. The third-order valence-corrected chi connectivity index (χ3v) is 3.52. The van der Waals surface area contributed by atoms with Crippen LogP contribution in [0.25, 0.3) is 0 Å². The lowest BCUT2D eigenvalue weighted by atomic mass is 10.0. The molecule has 1 aromatic carbocycles. The van der Waals surface area contributed by atoms with E-state index in [4.69, 9.17) is 0 Å². The Labute approximate surface area is 97.9 Å². The van der Waals surface area contributed by atoms with Crippen molar-refractivity contribution in [2.24, 2.45) is 0 Å². The normalized spacial score (nSPS) is 18.9. The van der Waals surface area contributed by atoms with E-state index in [1.165, 1.54) is 11.1 Å². The van der Waals surface area contributed by atoms with Crippen LogP contribution >= 0.6 is 0 Å². The average molecular weight is 219 g/mol. The van der Waals surface area contributed by atoms with Crippen molar-refractivity contribution in [2.75, 3.05) is 19.6 Å². The highest BCUT2D eigenvalue weighted by atomic mass is 16.3. The van der Waals surface area contributed by atoms with Crippen LogP contribution in [0.1, 0.15) is 24.0 Å². The lowest BCUT2D eigenvalue weighted by Crippen LogP contribution is -2.37. The SMILES string of the molecule is Cc1ccccc1CCN1CCC(O)CC1. The molecule has 1 saturated heterocycles. The monoisotopic (exact) mass is 219 g/mol. The van der Waals surface area contributed by atoms with Crippen LogP contribution in [0.15, 0.2) is 24.3 Å². The van der Waals surface area contributed by atoms with Crippen LogP contribution in [0, 0.1) is 6.92 Å². The van der Waals surface area contributed by atoms with Crippen molar-refractivity contribution in [3.63, 3.8) is 0 Å². The van der Waals surface area contributed by atoms with Gasteiger partial charge in [0.05, 0.1) is 6.10 Å². The minimum atomic E-state index is -0.0605.